The molecule has 2 aliphatic rings. The fourth-order valence-electron chi connectivity index (χ4n) is 3.96. The molecule has 0 N–H and O–H groups in total. The molecule has 10 heteroatoms. The van der Waals surface area contributed by atoms with E-state index < -0.39 is 0 Å². The van der Waals surface area contributed by atoms with Crippen molar-refractivity contribution in [1.82, 2.24) is 14.3 Å². The summed E-state index contributed by atoms with van der Waals surface area (Å²) in [6, 6.07) is 11.8. The maximum atomic E-state index is 13.4. The molecule has 5 rings (SSSR count). The number of rotatable bonds is 3. The van der Waals surface area contributed by atoms with Gasteiger partial charge in [-0.3, -0.25) is 18.9 Å². The van der Waals surface area contributed by atoms with Gasteiger partial charge < -0.3 is 9.80 Å². The highest BCUT2D eigenvalue weighted by Crippen LogP contribution is 2.32. The van der Waals surface area contributed by atoms with Crippen LogP contribution in [0.3, 0.4) is 0 Å². The summed E-state index contributed by atoms with van der Waals surface area (Å²) in [5.74, 6) is 0.0568. The molecule has 1 amide bonds. The van der Waals surface area contributed by atoms with Crippen molar-refractivity contribution in [3.05, 3.63) is 75.3 Å². The SMILES string of the molecule is CN1C(=O)/C(=C\c2c(N3CCN(c4ccc(F)cc4)CC3)nc3ccccn3c2=O)SC1=S. The molecule has 2 fully saturated rings. The van der Waals surface area contributed by atoms with Crippen LogP contribution in [-0.4, -0.2) is 57.7 Å². The zero-order valence-corrected chi connectivity index (χ0v) is 19.4. The molecule has 0 radical (unpaired) electrons. The number of aromatic nitrogens is 2. The predicted octanol–water partition coefficient (Wildman–Crippen LogP) is 2.99. The van der Waals surface area contributed by atoms with Crippen LogP contribution in [0.4, 0.5) is 15.9 Å². The first-order valence-corrected chi connectivity index (χ1v) is 11.6. The van der Waals surface area contributed by atoms with E-state index in [4.69, 9.17) is 17.2 Å². The molecule has 0 spiro atoms. The minimum atomic E-state index is -0.264. The lowest BCUT2D eigenvalue weighted by molar-refractivity contribution is -0.121. The molecule has 7 nitrogen and oxygen atoms in total. The first-order chi connectivity index (χ1) is 15.9. The van der Waals surface area contributed by atoms with Crippen LogP contribution in [0, 0.1) is 5.82 Å². The van der Waals surface area contributed by atoms with Gasteiger partial charge in [-0.2, -0.15) is 0 Å². The van der Waals surface area contributed by atoms with E-state index in [1.807, 2.05) is 6.07 Å². The molecular weight excluding hydrogens is 461 g/mol. The van der Waals surface area contributed by atoms with Crippen molar-refractivity contribution in [3.8, 4) is 0 Å². The van der Waals surface area contributed by atoms with Crippen LogP contribution in [0.5, 0.6) is 0 Å². The summed E-state index contributed by atoms with van der Waals surface area (Å²) >= 11 is 6.42. The minimum absolute atomic E-state index is 0.227. The average molecular weight is 482 g/mol. The monoisotopic (exact) mass is 481 g/mol. The molecule has 2 aromatic heterocycles. The van der Waals surface area contributed by atoms with Crippen LogP contribution in [-0.2, 0) is 4.79 Å². The van der Waals surface area contributed by atoms with E-state index in [1.54, 1.807) is 43.6 Å². The molecule has 2 aliphatic heterocycles. The number of thiocarbonyl (C=S) groups is 1. The third-order valence-corrected chi connectivity index (χ3v) is 7.27. The number of carbonyl (C=O) groups is 1. The standard InChI is InChI=1S/C23H20FN5O2S2/c1-26-22(31)18(33-23(26)32)14-17-20(25-19-4-2-3-9-29(19)21(17)30)28-12-10-27(11-13-28)16-7-5-15(24)6-8-16/h2-9,14H,10-13H2,1H3/b18-14+. The first kappa shape index (κ1) is 21.6. The molecular formula is C23H20FN5O2S2. The molecule has 0 atom stereocenters. The van der Waals surface area contributed by atoms with E-state index in [0.717, 1.165) is 5.69 Å². The van der Waals surface area contributed by atoms with Gasteiger partial charge in [-0.1, -0.05) is 30.0 Å². The smallest absolute Gasteiger partial charge is 0.267 e. The zero-order chi connectivity index (χ0) is 23.1. The highest BCUT2D eigenvalue weighted by atomic mass is 32.2. The first-order valence-electron chi connectivity index (χ1n) is 10.4. The fraction of sp³-hybridized carbons (Fsp3) is 0.217. The highest BCUT2D eigenvalue weighted by Gasteiger charge is 2.30. The number of pyridine rings is 1. The Balaban J connectivity index is 1.52. The van der Waals surface area contributed by atoms with E-state index >= 15 is 0 Å². The van der Waals surface area contributed by atoms with Crippen LogP contribution in [0.15, 0.2) is 58.4 Å². The molecule has 3 aromatic rings. The van der Waals surface area contributed by atoms with Crippen molar-refractivity contribution >= 4 is 57.4 Å². The number of anilines is 2. The van der Waals surface area contributed by atoms with Crippen LogP contribution in [0.2, 0.25) is 0 Å². The Kier molecular flexibility index (Phi) is 5.63. The minimum Gasteiger partial charge on any atom is -0.368 e. The molecule has 0 unspecified atom stereocenters. The summed E-state index contributed by atoms with van der Waals surface area (Å²) < 4.78 is 15.2. The molecule has 0 saturated carbocycles. The van der Waals surface area contributed by atoms with E-state index in [2.05, 4.69) is 9.80 Å². The fourth-order valence-corrected chi connectivity index (χ4v) is 5.12. The summed E-state index contributed by atoms with van der Waals surface area (Å²) in [4.78, 5) is 36.8. The molecule has 0 aliphatic carbocycles. The van der Waals surface area contributed by atoms with Crippen LogP contribution < -0.4 is 15.4 Å². The number of halogens is 1. The second-order valence-electron chi connectivity index (χ2n) is 7.77. The van der Waals surface area contributed by atoms with E-state index in [1.165, 1.54) is 33.2 Å². The molecule has 2 saturated heterocycles. The number of amides is 1. The molecule has 0 bridgehead atoms. The van der Waals surface area contributed by atoms with Gasteiger partial charge in [-0.15, -0.1) is 0 Å². The number of carbonyl (C=O) groups excluding carboxylic acids is 1. The molecule has 168 valence electrons. The summed E-state index contributed by atoms with van der Waals surface area (Å²) in [6.45, 7) is 2.64. The Morgan fingerprint density at radius 1 is 1.03 bits per heavy atom. The Morgan fingerprint density at radius 3 is 2.39 bits per heavy atom. The Morgan fingerprint density at radius 2 is 1.73 bits per heavy atom. The van der Waals surface area contributed by atoms with E-state index in [-0.39, 0.29) is 17.3 Å². The number of nitrogens with zero attached hydrogens (tertiary/aromatic N) is 5. The Hall–Kier alpha value is -3.24. The van der Waals surface area contributed by atoms with Gasteiger partial charge in [0.05, 0.1) is 10.5 Å². The zero-order valence-electron chi connectivity index (χ0n) is 17.8. The van der Waals surface area contributed by atoms with Crippen molar-refractivity contribution in [2.45, 2.75) is 0 Å². The van der Waals surface area contributed by atoms with E-state index in [0.29, 0.717) is 52.4 Å². The van der Waals surface area contributed by atoms with Crippen molar-refractivity contribution in [2.75, 3.05) is 43.0 Å². The topological polar surface area (TPSA) is 61.2 Å². The lowest BCUT2D eigenvalue weighted by Gasteiger charge is -2.37. The summed E-state index contributed by atoms with van der Waals surface area (Å²) in [6.07, 6.45) is 3.28. The summed E-state index contributed by atoms with van der Waals surface area (Å²) in [5, 5.41) is 0. The normalized spacial score (nSPS) is 18.1. The van der Waals surface area contributed by atoms with Gasteiger partial charge in [-0.25, -0.2) is 9.37 Å². The van der Waals surface area contributed by atoms with E-state index in [9.17, 15) is 14.0 Å². The van der Waals surface area contributed by atoms with Gasteiger partial charge in [0, 0.05) is 45.1 Å². The van der Waals surface area contributed by atoms with Gasteiger partial charge in [0.15, 0.2) is 0 Å². The molecule has 1 aromatic carbocycles. The number of likely N-dealkylation sites (N-methyl/N-ethyl adjacent to an activating group) is 1. The summed E-state index contributed by atoms with van der Waals surface area (Å²) in [5.41, 5.74) is 1.62. The summed E-state index contributed by atoms with van der Waals surface area (Å²) in [7, 11) is 1.62. The molecule has 4 heterocycles. The second-order valence-corrected chi connectivity index (χ2v) is 9.45. The van der Waals surface area contributed by atoms with Gasteiger partial charge >= 0.3 is 0 Å². The lowest BCUT2D eigenvalue weighted by atomic mass is 10.2. The third kappa shape index (κ3) is 4.00. The maximum absolute atomic E-state index is 13.4. The maximum Gasteiger partial charge on any atom is 0.267 e. The van der Waals surface area contributed by atoms with Crippen LogP contribution >= 0.6 is 24.0 Å². The van der Waals surface area contributed by atoms with Gasteiger partial charge in [0.1, 0.15) is 21.6 Å². The quantitative estimate of drug-likeness (QED) is 0.421. The van der Waals surface area contributed by atoms with Crippen molar-refractivity contribution in [2.24, 2.45) is 0 Å². The molecule has 33 heavy (non-hydrogen) atoms. The Labute approximate surface area is 199 Å². The van der Waals surface area contributed by atoms with Crippen molar-refractivity contribution < 1.29 is 9.18 Å². The number of hydrogen-bond acceptors (Lipinski definition) is 7. The number of fused-ring (bicyclic) bond motifs is 1. The van der Waals surface area contributed by atoms with Crippen LogP contribution in [0.25, 0.3) is 11.7 Å². The number of piperazine rings is 1. The van der Waals surface area contributed by atoms with Gasteiger partial charge in [0.2, 0.25) is 0 Å². The lowest BCUT2D eigenvalue weighted by Crippen LogP contribution is -2.47. The van der Waals surface area contributed by atoms with Crippen LogP contribution in [0.1, 0.15) is 5.56 Å². The van der Waals surface area contributed by atoms with Crippen molar-refractivity contribution in [1.29, 1.82) is 0 Å². The third-order valence-electron chi connectivity index (χ3n) is 5.78. The average Bonchev–Trinajstić information content (AvgIpc) is 3.08. The highest BCUT2D eigenvalue weighted by molar-refractivity contribution is 8.26. The number of hydrogen-bond donors (Lipinski definition) is 0. The largest absolute Gasteiger partial charge is 0.368 e. The van der Waals surface area contributed by atoms with Gasteiger partial charge in [-0.05, 0) is 42.5 Å². The Bertz CT molecular complexity index is 1350. The number of benzene rings is 1. The second kappa shape index (κ2) is 8.60. The number of thioether (sulfide) groups is 1. The van der Waals surface area contributed by atoms with Gasteiger partial charge in [0.25, 0.3) is 11.5 Å². The predicted molar refractivity (Wildman–Crippen MR) is 133 cm³/mol. The van der Waals surface area contributed by atoms with Crippen molar-refractivity contribution in [3.63, 3.8) is 0 Å².